The highest BCUT2D eigenvalue weighted by Crippen LogP contribution is 2.37. The summed E-state index contributed by atoms with van der Waals surface area (Å²) in [6, 6.07) is 6.75. The van der Waals surface area contributed by atoms with Gasteiger partial charge in [-0.1, -0.05) is 13.5 Å². The lowest BCUT2D eigenvalue weighted by Gasteiger charge is -2.14. The number of benzene rings is 1. The third kappa shape index (κ3) is 5.60. The molecule has 0 saturated heterocycles. The summed E-state index contributed by atoms with van der Waals surface area (Å²) in [5.74, 6) is 0.154. The molecule has 0 amide bonds. The van der Waals surface area contributed by atoms with E-state index in [1.165, 1.54) is 23.0 Å². The summed E-state index contributed by atoms with van der Waals surface area (Å²) in [6.45, 7) is 5.68. The second-order valence-corrected chi connectivity index (χ2v) is 7.44. The third-order valence-corrected chi connectivity index (χ3v) is 4.87. The highest BCUT2D eigenvalue weighted by molar-refractivity contribution is 5.88. The van der Waals surface area contributed by atoms with Crippen molar-refractivity contribution in [3.05, 3.63) is 82.9 Å². The van der Waals surface area contributed by atoms with Crippen LogP contribution in [-0.4, -0.2) is 16.2 Å². The van der Waals surface area contributed by atoms with Crippen LogP contribution in [0.1, 0.15) is 35.6 Å². The average Bonchev–Trinajstić information content (AvgIpc) is 3.11. The smallest absolute Gasteiger partial charge is 0.416 e. The van der Waals surface area contributed by atoms with Crippen LogP contribution in [0.4, 0.5) is 26.3 Å². The molecular formula is C24H19F6N3O. The van der Waals surface area contributed by atoms with Gasteiger partial charge < -0.3 is 9.30 Å². The van der Waals surface area contributed by atoms with Crippen molar-refractivity contribution in [2.75, 3.05) is 6.61 Å². The highest BCUT2D eigenvalue weighted by atomic mass is 19.4. The first-order valence-corrected chi connectivity index (χ1v) is 10.1. The predicted molar refractivity (Wildman–Crippen MR) is 114 cm³/mol. The molecule has 0 saturated carbocycles. The molecule has 3 aromatic rings. The molecule has 2 heterocycles. The van der Waals surface area contributed by atoms with E-state index in [4.69, 9.17) is 4.74 Å². The Labute approximate surface area is 191 Å². The van der Waals surface area contributed by atoms with Crippen LogP contribution in [-0.2, 0) is 23.6 Å². The Morgan fingerprint density at radius 3 is 2.35 bits per heavy atom. The summed E-state index contributed by atoms with van der Waals surface area (Å²) in [7, 11) is 0. The molecule has 0 atom stereocenters. The molecule has 178 valence electrons. The molecule has 3 rings (SSSR count). The first kappa shape index (κ1) is 24.9. The zero-order valence-electron chi connectivity index (χ0n) is 18.0. The van der Waals surface area contributed by atoms with E-state index in [0.29, 0.717) is 41.8 Å². The number of alkyl halides is 6. The molecule has 0 bridgehead atoms. The Bertz CT molecular complexity index is 1250. The number of pyridine rings is 1. The molecule has 0 spiro atoms. The Morgan fingerprint density at radius 1 is 1.15 bits per heavy atom. The van der Waals surface area contributed by atoms with Gasteiger partial charge in [0.1, 0.15) is 17.5 Å². The van der Waals surface area contributed by atoms with Crippen molar-refractivity contribution in [2.45, 2.75) is 32.2 Å². The van der Waals surface area contributed by atoms with Crippen molar-refractivity contribution < 1.29 is 31.1 Å². The quantitative estimate of drug-likeness (QED) is 0.159. The Morgan fingerprint density at radius 2 is 1.79 bits per heavy atom. The van der Waals surface area contributed by atoms with Crippen molar-refractivity contribution in [3.63, 3.8) is 0 Å². The zero-order valence-corrected chi connectivity index (χ0v) is 18.0. The van der Waals surface area contributed by atoms with Crippen LogP contribution in [0.5, 0.6) is 0 Å². The number of nitriles is 1. The molecule has 0 aliphatic carbocycles. The van der Waals surface area contributed by atoms with Gasteiger partial charge in [-0.15, -0.1) is 0 Å². The van der Waals surface area contributed by atoms with E-state index in [0.717, 1.165) is 0 Å². The van der Waals surface area contributed by atoms with Crippen LogP contribution in [0.15, 0.2) is 60.6 Å². The lowest BCUT2D eigenvalue weighted by atomic mass is 10.0. The third-order valence-electron chi connectivity index (χ3n) is 4.87. The normalized spacial score (nSPS) is 12.6. The van der Waals surface area contributed by atoms with Crippen LogP contribution in [0.2, 0.25) is 0 Å². The van der Waals surface area contributed by atoms with Gasteiger partial charge in [0.05, 0.1) is 23.3 Å². The minimum absolute atomic E-state index is 0.0881. The van der Waals surface area contributed by atoms with Crippen molar-refractivity contribution >= 4 is 17.1 Å². The molecule has 0 unspecified atom stereocenters. The SMILES string of the molecule is C=C(OCCC)/C(C#N)=C/c1cn(Cc2cc(C(F)(F)F)cc(C(F)(F)F)c2)c2ncccc12. The van der Waals surface area contributed by atoms with E-state index < -0.39 is 23.5 Å². The molecular weight excluding hydrogens is 460 g/mol. The minimum Gasteiger partial charge on any atom is -0.493 e. The number of hydrogen-bond donors (Lipinski definition) is 0. The molecule has 2 aromatic heterocycles. The number of fused-ring (bicyclic) bond motifs is 1. The van der Waals surface area contributed by atoms with Gasteiger partial charge in [0.15, 0.2) is 0 Å². The van der Waals surface area contributed by atoms with Gasteiger partial charge in [0.25, 0.3) is 0 Å². The molecule has 0 N–H and O–H groups in total. The fourth-order valence-corrected chi connectivity index (χ4v) is 3.33. The van der Waals surface area contributed by atoms with Crippen molar-refractivity contribution in [1.82, 2.24) is 9.55 Å². The Balaban J connectivity index is 2.09. The van der Waals surface area contributed by atoms with Gasteiger partial charge in [-0.2, -0.15) is 31.6 Å². The lowest BCUT2D eigenvalue weighted by molar-refractivity contribution is -0.143. The number of nitrogens with zero attached hydrogens (tertiary/aromatic N) is 3. The largest absolute Gasteiger partial charge is 0.493 e. The zero-order chi connectivity index (χ0) is 25.1. The van der Waals surface area contributed by atoms with Crippen LogP contribution in [0.25, 0.3) is 17.1 Å². The molecule has 0 aliphatic heterocycles. The molecule has 1 aromatic carbocycles. The summed E-state index contributed by atoms with van der Waals surface area (Å²) in [5.41, 5.74) is -2.02. The monoisotopic (exact) mass is 479 g/mol. The number of rotatable bonds is 7. The lowest BCUT2D eigenvalue weighted by Crippen LogP contribution is -2.12. The maximum absolute atomic E-state index is 13.2. The van der Waals surface area contributed by atoms with E-state index in [1.54, 1.807) is 12.1 Å². The van der Waals surface area contributed by atoms with Gasteiger partial charge in [-0.25, -0.2) is 4.98 Å². The fourth-order valence-electron chi connectivity index (χ4n) is 3.33. The molecule has 10 heteroatoms. The van der Waals surface area contributed by atoms with Gasteiger partial charge in [0.2, 0.25) is 0 Å². The summed E-state index contributed by atoms with van der Waals surface area (Å²) in [4.78, 5) is 4.22. The van der Waals surface area contributed by atoms with Gasteiger partial charge >= 0.3 is 12.4 Å². The summed E-state index contributed by atoms with van der Waals surface area (Å²) >= 11 is 0. The second kappa shape index (κ2) is 9.63. The highest BCUT2D eigenvalue weighted by Gasteiger charge is 2.36. The molecule has 0 radical (unpaired) electrons. The first-order chi connectivity index (χ1) is 15.9. The summed E-state index contributed by atoms with van der Waals surface area (Å²) < 4.78 is 86.2. The predicted octanol–water partition coefficient (Wildman–Crippen LogP) is 6.97. The van der Waals surface area contributed by atoms with Crippen LogP contribution in [0.3, 0.4) is 0 Å². The van der Waals surface area contributed by atoms with E-state index >= 15 is 0 Å². The Kier molecular flexibility index (Phi) is 7.05. The van der Waals surface area contributed by atoms with Crippen LogP contribution < -0.4 is 0 Å². The number of ether oxygens (including phenoxy) is 1. The maximum atomic E-state index is 13.2. The van der Waals surface area contributed by atoms with E-state index in [9.17, 15) is 31.6 Å². The molecule has 0 aliphatic rings. The molecule has 0 fully saturated rings. The van der Waals surface area contributed by atoms with Gasteiger partial charge in [0, 0.05) is 29.9 Å². The molecule has 34 heavy (non-hydrogen) atoms. The van der Waals surface area contributed by atoms with Crippen molar-refractivity contribution in [2.24, 2.45) is 0 Å². The van der Waals surface area contributed by atoms with Crippen LogP contribution >= 0.6 is 0 Å². The van der Waals surface area contributed by atoms with E-state index in [1.807, 2.05) is 13.0 Å². The number of hydrogen-bond acceptors (Lipinski definition) is 3. The fraction of sp³-hybridized carbons (Fsp3) is 0.250. The number of halogens is 6. The second-order valence-electron chi connectivity index (χ2n) is 7.44. The van der Waals surface area contributed by atoms with Crippen molar-refractivity contribution in [3.8, 4) is 6.07 Å². The van der Waals surface area contributed by atoms with E-state index in [2.05, 4.69) is 11.6 Å². The minimum atomic E-state index is -4.94. The summed E-state index contributed by atoms with van der Waals surface area (Å²) in [6.07, 6.45) is -4.73. The number of allylic oxidation sites excluding steroid dienone is 1. The standard InChI is InChI=1S/C24H19F6N3O/c1-3-7-34-15(2)17(12-31)10-18-14-33(22-21(18)5-4-6-32-22)13-16-8-19(23(25,26)27)11-20(9-16)24(28,29)30/h4-6,8-11,14H,2-3,7,13H2,1H3/b17-10+. The first-order valence-electron chi connectivity index (χ1n) is 10.1. The maximum Gasteiger partial charge on any atom is 0.416 e. The number of aromatic nitrogens is 2. The van der Waals surface area contributed by atoms with E-state index in [-0.39, 0.29) is 29.5 Å². The van der Waals surface area contributed by atoms with Gasteiger partial charge in [-0.05, 0) is 48.4 Å². The molecule has 4 nitrogen and oxygen atoms in total. The topological polar surface area (TPSA) is 50.8 Å². The Hall–Kier alpha value is -3.74. The average molecular weight is 479 g/mol. The van der Waals surface area contributed by atoms with Crippen molar-refractivity contribution in [1.29, 1.82) is 5.26 Å². The van der Waals surface area contributed by atoms with Gasteiger partial charge in [-0.3, -0.25) is 0 Å². The summed E-state index contributed by atoms with van der Waals surface area (Å²) in [5, 5.41) is 10.0. The van der Waals surface area contributed by atoms with Crippen LogP contribution in [0, 0.1) is 11.3 Å².